The fourth-order valence-electron chi connectivity index (χ4n) is 1.96. The first kappa shape index (κ1) is 14.2. The first-order chi connectivity index (χ1) is 9.58. The predicted molar refractivity (Wildman–Crippen MR) is 79.4 cm³/mol. The molecule has 0 saturated heterocycles. The maximum absolute atomic E-state index is 12.9. The van der Waals surface area contributed by atoms with Gasteiger partial charge in [-0.15, -0.1) is 0 Å². The van der Waals surface area contributed by atoms with Gasteiger partial charge in [0.05, 0.1) is 0 Å². The van der Waals surface area contributed by atoms with Gasteiger partial charge in [-0.1, -0.05) is 12.1 Å². The van der Waals surface area contributed by atoms with Crippen molar-refractivity contribution in [1.29, 1.82) is 0 Å². The van der Waals surface area contributed by atoms with Gasteiger partial charge in [0.15, 0.2) is 0 Å². The van der Waals surface area contributed by atoms with E-state index in [2.05, 4.69) is 15.3 Å². The molecular weight excluding hydrogens is 255 g/mol. The Hall–Kier alpha value is -2.17. The van der Waals surface area contributed by atoms with Crippen LogP contribution in [0.25, 0.3) is 0 Å². The Morgan fingerprint density at radius 3 is 2.55 bits per heavy atom. The molecule has 0 spiro atoms. The third-order valence-electron chi connectivity index (χ3n) is 2.91. The van der Waals surface area contributed by atoms with Crippen LogP contribution in [0.2, 0.25) is 0 Å². The molecule has 0 bridgehead atoms. The second-order valence-corrected chi connectivity index (χ2v) is 4.67. The van der Waals surface area contributed by atoms with Crippen LogP contribution < -0.4 is 10.2 Å². The average Bonchev–Trinajstić information content (AvgIpc) is 2.41. The number of nitrogens with zero attached hydrogens (tertiary/aromatic N) is 3. The monoisotopic (exact) mass is 274 g/mol. The van der Waals surface area contributed by atoms with Gasteiger partial charge in [0.2, 0.25) is 0 Å². The van der Waals surface area contributed by atoms with Crippen LogP contribution in [0.4, 0.5) is 16.0 Å². The molecule has 0 aliphatic carbocycles. The zero-order chi connectivity index (χ0) is 14.5. The molecule has 1 heterocycles. The summed E-state index contributed by atoms with van der Waals surface area (Å²) >= 11 is 0. The highest BCUT2D eigenvalue weighted by Crippen LogP contribution is 2.17. The minimum atomic E-state index is -0.219. The molecule has 1 N–H and O–H groups in total. The first-order valence-corrected chi connectivity index (χ1v) is 6.63. The second kappa shape index (κ2) is 6.32. The Bertz CT molecular complexity index is 569. The summed E-state index contributed by atoms with van der Waals surface area (Å²) in [6.45, 7) is 5.38. The lowest BCUT2D eigenvalue weighted by Crippen LogP contribution is -2.19. The number of benzene rings is 1. The van der Waals surface area contributed by atoms with Crippen LogP contribution in [-0.2, 0) is 6.54 Å². The molecule has 106 valence electrons. The van der Waals surface area contributed by atoms with Gasteiger partial charge in [-0.2, -0.15) is 0 Å². The summed E-state index contributed by atoms with van der Waals surface area (Å²) in [5.41, 5.74) is 1.04. The van der Waals surface area contributed by atoms with Gasteiger partial charge in [-0.3, -0.25) is 0 Å². The highest BCUT2D eigenvalue weighted by molar-refractivity contribution is 5.49. The lowest BCUT2D eigenvalue weighted by Gasteiger charge is -2.19. The molecule has 20 heavy (non-hydrogen) atoms. The molecular formula is C15H19FN4. The smallest absolute Gasteiger partial charge is 0.134 e. The van der Waals surface area contributed by atoms with Crippen LogP contribution >= 0.6 is 0 Å². The van der Waals surface area contributed by atoms with Crippen LogP contribution in [0, 0.1) is 12.7 Å². The summed E-state index contributed by atoms with van der Waals surface area (Å²) in [7, 11) is 1.96. The van der Waals surface area contributed by atoms with Crippen molar-refractivity contribution in [2.45, 2.75) is 20.4 Å². The fraction of sp³-hybridized carbons (Fsp3) is 0.333. The van der Waals surface area contributed by atoms with Crippen LogP contribution in [-0.4, -0.2) is 23.6 Å². The number of nitrogens with one attached hydrogen (secondary N) is 1. The molecule has 0 unspecified atom stereocenters. The highest BCUT2D eigenvalue weighted by atomic mass is 19.1. The standard InChI is InChI=1S/C15H19FN4/c1-4-17-14-9-15(19-11(2)18-14)20(3)10-12-5-7-13(16)8-6-12/h5-9H,4,10H2,1-3H3,(H,17,18,19). The Labute approximate surface area is 118 Å². The van der Waals surface area contributed by atoms with Gasteiger partial charge in [-0.05, 0) is 31.5 Å². The van der Waals surface area contributed by atoms with E-state index in [4.69, 9.17) is 0 Å². The van der Waals surface area contributed by atoms with Crippen LogP contribution in [0.3, 0.4) is 0 Å². The quantitative estimate of drug-likeness (QED) is 0.910. The summed E-state index contributed by atoms with van der Waals surface area (Å²) in [4.78, 5) is 10.8. The van der Waals surface area contributed by atoms with Crippen molar-refractivity contribution in [3.8, 4) is 0 Å². The topological polar surface area (TPSA) is 41.0 Å². The maximum atomic E-state index is 12.9. The van der Waals surface area contributed by atoms with Crippen LogP contribution in [0.15, 0.2) is 30.3 Å². The number of rotatable bonds is 5. The summed E-state index contributed by atoms with van der Waals surface area (Å²) < 4.78 is 12.9. The number of aryl methyl sites for hydroxylation is 1. The van der Waals surface area contributed by atoms with Gasteiger partial charge in [-0.25, -0.2) is 14.4 Å². The normalized spacial score (nSPS) is 10.4. The summed E-state index contributed by atoms with van der Waals surface area (Å²) in [6.07, 6.45) is 0. The Balaban J connectivity index is 2.15. The van der Waals surface area contributed by atoms with Crippen molar-refractivity contribution in [1.82, 2.24) is 9.97 Å². The SMILES string of the molecule is CCNc1cc(N(C)Cc2ccc(F)cc2)nc(C)n1. The number of halogens is 1. The van der Waals surface area contributed by atoms with Crippen molar-refractivity contribution < 1.29 is 4.39 Å². The molecule has 1 aromatic carbocycles. The van der Waals surface area contributed by atoms with Crippen molar-refractivity contribution in [3.05, 3.63) is 47.5 Å². The Morgan fingerprint density at radius 1 is 1.20 bits per heavy atom. The zero-order valence-electron chi connectivity index (χ0n) is 12.0. The van der Waals surface area contributed by atoms with E-state index in [1.807, 2.05) is 31.9 Å². The maximum Gasteiger partial charge on any atom is 0.134 e. The molecule has 0 amide bonds. The van der Waals surface area contributed by atoms with E-state index in [1.165, 1.54) is 12.1 Å². The van der Waals surface area contributed by atoms with E-state index in [-0.39, 0.29) is 5.82 Å². The molecule has 1 aromatic heterocycles. The molecule has 2 aromatic rings. The number of aromatic nitrogens is 2. The lowest BCUT2D eigenvalue weighted by atomic mass is 10.2. The first-order valence-electron chi connectivity index (χ1n) is 6.63. The molecule has 2 rings (SSSR count). The van der Waals surface area contributed by atoms with E-state index in [9.17, 15) is 4.39 Å². The van der Waals surface area contributed by atoms with E-state index in [1.54, 1.807) is 12.1 Å². The molecule has 0 saturated carbocycles. The number of anilines is 2. The number of hydrogen-bond donors (Lipinski definition) is 1. The third-order valence-corrected chi connectivity index (χ3v) is 2.91. The average molecular weight is 274 g/mol. The Kier molecular flexibility index (Phi) is 4.50. The van der Waals surface area contributed by atoms with Crippen LogP contribution in [0.1, 0.15) is 18.3 Å². The largest absolute Gasteiger partial charge is 0.370 e. The minimum Gasteiger partial charge on any atom is -0.370 e. The molecule has 5 heteroatoms. The van der Waals surface area contributed by atoms with Crippen LogP contribution in [0.5, 0.6) is 0 Å². The second-order valence-electron chi connectivity index (χ2n) is 4.67. The zero-order valence-corrected chi connectivity index (χ0v) is 12.0. The van der Waals surface area contributed by atoms with E-state index < -0.39 is 0 Å². The molecule has 4 nitrogen and oxygen atoms in total. The summed E-state index contributed by atoms with van der Waals surface area (Å²) in [5, 5.41) is 3.19. The molecule has 0 aliphatic rings. The van der Waals surface area contributed by atoms with E-state index in [0.29, 0.717) is 6.54 Å². The van der Waals surface area contributed by atoms with E-state index in [0.717, 1.165) is 29.6 Å². The molecule has 0 atom stereocenters. The van der Waals surface area contributed by atoms with Gasteiger partial charge in [0, 0.05) is 26.2 Å². The highest BCUT2D eigenvalue weighted by Gasteiger charge is 2.07. The lowest BCUT2D eigenvalue weighted by molar-refractivity contribution is 0.627. The van der Waals surface area contributed by atoms with E-state index >= 15 is 0 Å². The molecule has 0 fully saturated rings. The minimum absolute atomic E-state index is 0.219. The fourth-order valence-corrected chi connectivity index (χ4v) is 1.96. The summed E-state index contributed by atoms with van der Waals surface area (Å²) in [5.74, 6) is 2.17. The van der Waals surface area contributed by atoms with Gasteiger partial charge < -0.3 is 10.2 Å². The molecule has 0 radical (unpaired) electrons. The van der Waals surface area contributed by atoms with Crippen molar-refractivity contribution in [3.63, 3.8) is 0 Å². The summed E-state index contributed by atoms with van der Waals surface area (Å²) in [6, 6.07) is 8.42. The van der Waals surface area contributed by atoms with Crippen molar-refractivity contribution >= 4 is 11.6 Å². The van der Waals surface area contributed by atoms with Crippen molar-refractivity contribution in [2.75, 3.05) is 23.8 Å². The van der Waals surface area contributed by atoms with Gasteiger partial charge >= 0.3 is 0 Å². The third kappa shape index (κ3) is 3.66. The molecule has 0 aliphatic heterocycles. The van der Waals surface area contributed by atoms with Crippen molar-refractivity contribution in [2.24, 2.45) is 0 Å². The number of hydrogen-bond acceptors (Lipinski definition) is 4. The predicted octanol–water partition coefficient (Wildman–Crippen LogP) is 2.99. The van der Waals surface area contributed by atoms with Gasteiger partial charge in [0.1, 0.15) is 23.3 Å². The van der Waals surface area contributed by atoms with Gasteiger partial charge in [0.25, 0.3) is 0 Å². The Morgan fingerprint density at radius 2 is 1.90 bits per heavy atom.